The number of aryl methyl sites for hydroxylation is 1. The fraction of sp³-hybridized carbons (Fsp3) is 0.500. The van der Waals surface area contributed by atoms with E-state index in [1.165, 1.54) is 18.2 Å². The zero-order chi connectivity index (χ0) is 16.2. The largest absolute Gasteiger partial charge is 0.483 e. The fourth-order valence-corrected chi connectivity index (χ4v) is 2.97. The lowest BCUT2D eigenvalue weighted by Gasteiger charge is -2.26. The van der Waals surface area contributed by atoms with Crippen molar-refractivity contribution in [2.75, 3.05) is 32.9 Å². The molecular weight excluding hydrogens is 330 g/mol. The molecule has 0 aliphatic carbocycles. The van der Waals surface area contributed by atoms with E-state index in [2.05, 4.69) is 0 Å². The highest BCUT2D eigenvalue weighted by molar-refractivity contribution is 8.13. The lowest BCUT2D eigenvalue weighted by atomic mass is 10.1. The number of nitrogens with zero attached hydrogens (tertiary/aromatic N) is 1. The molecule has 8 heteroatoms. The van der Waals surface area contributed by atoms with Crippen LogP contribution in [-0.4, -0.2) is 52.1 Å². The molecule has 1 heterocycles. The third-order valence-corrected chi connectivity index (χ3v) is 4.76. The minimum Gasteiger partial charge on any atom is -0.483 e. The molecule has 2 rings (SSSR count). The summed E-state index contributed by atoms with van der Waals surface area (Å²) in [6.45, 7) is 3.98. The number of hydrogen-bond acceptors (Lipinski definition) is 5. The fourth-order valence-electron chi connectivity index (χ4n) is 2.17. The third-order valence-electron chi connectivity index (χ3n) is 3.41. The van der Waals surface area contributed by atoms with Gasteiger partial charge in [-0.15, -0.1) is 0 Å². The van der Waals surface area contributed by atoms with E-state index >= 15 is 0 Å². The minimum absolute atomic E-state index is 0.0258. The summed E-state index contributed by atoms with van der Waals surface area (Å²) < 4.78 is 33.4. The summed E-state index contributed by atoms with van der Waals surface area (Å²) in [6.07, 6.45) is 0.571. The van der Waals surface area contributed by atoms with E-state index in [1.807, 2.05) is 6.92 Å². The van der Waals surface area contributed by atoms with Crippen LogP contribution in [0.2, 0.25) is 0 Å². The van der Waals surface area contributed by atoms with E-state index in [1.54, 1.807) is 4.90 Å². The maximum Gasteiger partial charge on any atom is 0.261 e. The molecule has 6 nitrogen and oxygen atoms in total. The molecule has 0 spiro atoms. The van der Waals surface area contributed by atoms with Crippen molar-refractivity contribution in [1.29, 1.82) is 0 Å². The number of halogens is 1. The normalized spacial score (nSPS) is 15.6. The van der Waals surface area contributed by atoms with Gasteiger partial charge in [-0.25, -0.2) is 8.42 Å². The van der Waals surface area contributed by atoms with Crippen LogP contribution in [0.15, 0.2) is 23.1 Å². The smallest absolute Gasteiger partial charge is 0.261 e. The molecule has 0 unspecified atom stereocenters. The SMILES string of the molecule is CCc1cc(S(=O)(=O)Cl)ccc1OCC(=O)N1CCOCC1. The van der Waals surface area contributed by atoms with Crippen molar-refractivity contribution >= 4 is 25.6 Å². The maximum absolute atomic E-state index is 12.0. The number of hydrogen-bond donors (Lipinski definition) is 0. The second kappa shape index (κ2) is 7.30. The van der Waals surface area contributed by atoms with Crippen molar-refractivity contribution in [3.63, 3.8) is 0 Å². The van der Waals surface area contributed by atoms with Crippen LogP contribution in [0, 0.1) is 0 Å². The highest BCUT2D eigenvalue weighted by atomic mass is 35.7. The van der Waals surface area contributed by atoms with Crippen molar-refractivity contribution in [3.8, 4) is 5.75 Å². The Morgan fingerprint density at radius 1 is 1.36 bits per heavy atom. The van der Waals surface area contributed by atoms with E-state index in [-0.39, 0.29) is 17.4 Å². The van der Waals surface area contributed by atoms with Gasteiger partial charge in [-0.3, -0.25) is 4.79 Å². The molecule has 0 bridgehead atoms. The van der Waals surface area contributed by atoms with E-state index in [0.717, 1.165) is 0 Å². The molecule has 1 fully saturated rings. The molecule has 1 aromatic carbocycles. The van der Waals surface area contributed by atoms with E-state index in [4.69, 9.17) is 20.2 Å². The molecule has 1 aliphatic rings. The monoisotopic (exact) mass is 347 g/mol. The van der Waals surface area contributed by atoms with Crippen LogP contribution in [0.5, 0.6) is 5.75 Å². The summed E-state index contributed by atoms with van der Waals surface area (Å²) >= 11 is 0. The number of rotatable bonds is 5. The summed E-state index contributed by atoms with van der Waals surface area (Å²) in [4.78, 5) is 13.7. The zero-order valence-corrected chi connectivity index (χ0v) is 13.8. The predicted octanol–water partition coefficient (Wildman–Crippen LogP) is 1.41. The molecular formula is C14H18ClNO5S. The number of amides is 1. The van der Waals surface area contributed by atoms with Crippen LogP contribution in [0.3, 0.4) is 0 Å². The highest BCUT2D eigenvalue weighted by Gasteiger charge is 2.18. The van der Waals surface area contributed by atoms with Crippen LogP contribution in [-0.2, 0) is 25.0 Å². The first-order valence-corrected chi connectivity index (χ1v) is 9.28. The Labute approximate surface area is 134 Å². The topological polar surface area (TPSA) is 72.9 Å². The predicted molar refractivity (Wildman–Crippen MR) is 81.8 cm³/mol. The quantitative estimate of drug-likeness (QED) is 0.753. The van der Waals surface area contributed by atoms with E-state index in [9.17, 15) is 13.2 Å². The summed E-state index contributed by atoms with van der Waals surface area (Å²) in [6, 6.07) is 4.37. The van der Waals surface area contributed by atoms with E-state index < -0.39 is 9.05 Å². The lowest BCUT2D eigenvalue weighted by molar-refractivity contribution is -0.137. The van der Waals surface area contributed by atoms with Gasteiger partial charge in [0.15, 0.2) is 6.61 Å². The molecule has 1 saturated heterocycles. The first-order valence-electron chi connectivity index (χ1n) is 6.97. The average molecular weight is 348 g/mol. The number of benzene rings is 1. The second-order valence-electron chi connectivity index (χ2n) is 4.84. The molecule has 122 valence electrons. The Kier molecular flexibility index (Phi) is 5.66. The number of carbonyl (C=O) groups excluding carboxylic acids is 1. The van der Waals surface area contributed by atoms with E-state index in [0.29, 0.717) is 44.0 Å². The van der Waals surface area contributed by atoms with Crippen LogP contribution < -0.4 is 4.74 Å². The second-order valence-corrected chi connectivity index (χ2v) is 7.41. The number of carbonyl (C=O) groups is 1. The van der Waals surface area contributed by atoms with Gasteiger partial charge < -0.3 is 14.4 Å². The Morgan fingerprint density at radius 3 is 2.64 bits per heavy atom. The number of ether oxygens (including phenoxy) is 2. The molecule has 1 aromatic rings. The van der Waals surface area contributed by atoms with Crippen LogP contribution in [0.25, 0.3) is 0 Å². The van der Waals surface area contributed by atoms with Crippen LogP contribution in [0.1, 0.15) is 12.5 Å². The van der Waals surface area contributed by atoms with Crippen molar-refractivity contribution < 1.29 is 22.7 Å². The Bertz CT molecular complexity index is 641. The summed E-state index contributed by atoms with van der Waals surface area (Å²) in [5.41, 5.74) is 0.691. The van der Waals surface area contributed by atoms with Crippen LogP contribution >= 0.6 is 10.7 Å². The molecule has 0 saturated carbocycles. The molecule has 0 radical (unpaired) electrons. The van der Waals surface area contributed by atoms with Gasteiger partial charge in [0.25, 0.3) is 15.0 Å². The van der Waals surface area contributed by atoms with Gasteiger partial charge in [0.1, 0.15) is 5.75 Å². The molecule has 0 N–H and O–H groups in total. The van der Waals surface area contributed by atoms with Crippen molar-refractivity contribution in [1.82, 2.24) is 4.90 Å². The van der Waals surface area contributed by atoms with Crippen molar-refractivity contribution in [3.05, 3.63) is 23.8 Å². The van der Waals surface area contributed by atoms with Gasteiger partial charge in [0.2, 0.25) is 0 Å². The Hall–Kier alpha value is -1.31. The molecule has 1 amide bonds. The number of morpholine rings is 1. The van der Waals surface area contributed by atoms with Gasteiger partial charge in [0, 0.05) is 23.8 Å². The van der Waals surface area contributed by atoms with Gasteiger partial charge in [-0.1, -0.05) is 6.92 Å². The lowest BCUT2D eigenvalue weighted by Crippen LogP contribution is -2.43. The maximum atomic E-state index is 12.0. The summed E-state index contributed by atoms with van der Waals surface area (Å²) in [5.74, 6) is 0.382. The summed E-state index contributed by atoms with van der Waals surface area (Å²) in [7, 11) is 1.55. The third kappa shape index (κ3) is 4.34. The van der Waals surface area contributed by atoms with Gasteiger partial charge in [-0.05, 0) is 30.2 Å². The van der Waals surface area contributed by atoms with Gasteiger partial charge >= 0.3 is 0 Å². The average Bonchev–Trinajstić information content (AvgIpc) is 2.52. The van der Waals surface area contributed by atoms with Crippen molar-refractivity contribution in [2.45, 2.75) is 18.2 Å². The highest BCUT2D eigenvalue weighted by Crippen LogP contribution is 2.25. The molecule has 1 aliphatic heterocycles. The van der Waals surface area contributed by atoms with Gasteiger partial charge in [0.05, 0.1) is 18.1 Å². The molecule has 22 heavy (non-hydrogen) atoms. The van der Waals surface area contributed by atoms with Crippen molar-refractivity contribution in [2.24, 2.45) is 0 Å². The van der Waals surface area contributed by atoms with Crippen LogP contribution in [0.4, 0.5) is 0 Å². The standard InChI is InChI=1S/C14H18ClNO5S/c1-2-11-9-12(22(15,18)19)3-4-13(11)21-10-14(17)16-5-7-20-8-6-16/h3-4,9H,2,5-8,10H2,1H3. The first-order chi connectivity index (χ1) is 10.4. The molecule has 0 atom stereocenters. The first kappa shape index (κ1) is 17.1. The summed E-state index contributed by atoms with van der Waals surface area (Å²) in [5, 5.41) is 0. The Morgan fingerprint density at radius 2 is 2.05 bits per heavy atom. The Balaban J connectivity index is 2.04. The molecule has 0 aromatic heterocycles. The van der Waals surface area contributed by atoms with Gasteiger partial charge in [-0.2, -0.15) is 0 Å². The zero-order valence-electron chi connectivity index (χ0n) is 12.2. The minimum atomic E-state index is -3.77.